The maximum absolute atomic E-state index is 11.7. The van der Waals surface area contributed by atoms with Crippen LogP contribution in [-0.4, -0.2) is 15.3 Å². The first-order valence-electron chi connectivity index (χ1n) is 5.81. The monoisotopic (exact) mass is 336 g/mol. The summed E-state index contributed by atoms with van der Waals surface area (Å²) in [6, 6.07) is 8.89. The van der Waals surface area contributed by atoms with Gasteiger partial charge in [0.15, 0.2) is 0 Å². The lowest BCUT2D eigenvalue weighted by molar-refractivity contribution is 0.690. The van der Waals surface area contributed by atoms with Crippen molar-refractivity contribution in [3.63, 3.8) is 0 Å². The van der Waals surface area contributed by atoms with Crippen LogP contribution in [0.2, 0.25) is 0 Å². The molecule has 1 heterocycles. The number of hydrogen-bond donors (Lipinski definition) is 1. The van der Waals surface area contributed by atoms with Crippen LogP contribution >= 0.6 is 15.9 Å². The molecule has 1 N–H and O–H groups in total. The van der Waals surface area contributed by atoms with Crippen LogP contribution in [0.1, 0.15) is 5.56 Å². The van der Waals surface area contributed by atoms with Crippen molar-refractivity contribution in [2.24, 2.45) is 19.2 Å². The molecule has 0 radical (unpaired) electrons. The van der Waals surface area contributed by atoms with Gasteiger partial charge in [-0.3, -0.25) is 19.4 Å². The lowest BCUT2D eigenvalue weighted by atomic mass is 10.2. The molecular formula is C13H13BrN4O2. The molecule has 20 heavy (non-hydrogen) atoms. The second-order valence-electron chi connectivity index (χ2n) is 4.19. The van der Waals surface area contributed by atoms with Gasteiger partial charge in [0.1, 0.15) is 5.82 Å². The van der Waals surface area contributed by atoms with Gasteiger partial charge >= 0.3 is 5.69 Å². The smallest absolute Gasteiger partial charge is 0.281 e. The molecule has 0 aliphatic heterocycles. The molecule has 0 amide bonds. The van der Waals surface area contributed by atoms with E-state index >= 15 is 0 Å². The number of anilines is 1. The van der Waals surface area contributed by atoms with E-state index < -0.39 is 5.69 Å². The normalized spacial score (nSPS) is 10.9. The highest BCUT2D eigenvalue weighted by molar-refractivity contribution is 9.10. The van der Waals surface area contributed by atoms with E-state index in [-0.39, 0.29) is 5.56 Å². The molecule has 0 fully saturated rings. The number of benzene rings is 1. The molecular weight excluding hydrogens is 324 g/mol. The molecule has 0 aliphatic carbocycles. The van der Waals surface area contributed by atoms with Gasteiger partial charge in [0.05, 0.1) is 6.21 Å². The molecule has 0 spiro atoms. The first-order valence-corrected chi connectivity index (χ1v) is 6.60. The summed E-state index contributed by atoms with van der Waals surface area (Å²) in [7, 11) is 3.00. The molecule has 2 rings (SSSR count). The molecule has 2 aromatic rings. The van der Waals surface area contributed by atoms with Crippen LogP contribution in [0.25, 0.3) is 0 Å². The molecule has 0 atom stereocenters. The van der Waals surface area contributed by atoms with Crippen LogP contribution in [0.15, 0.2) is 49.5 Å². The van der Waals surface area contributed by atoms with Crippen molar-refractivity contribution in [1.29, 1.82) is 0 Å². The number of halogens is 1. The summed E-state index contributed by atoms with van der Waals surface area (Å²) in [5, 5.41) is 4.02. The minimum absolute atomic E-state index is 0.339. The van der Waals surface area contributed by atoms with E-state index in [2.05, 4.69) is 26.5 Å². The van der Waals surface area contributed by atoms with Crippen molar-refractivity contribution < 1.29 is 0 Å². The Labute approximate surface area is 123 Å². The highest BCUT2D eigenvalue weighted by Crippen LogP contribution is 2.09. The average Bonchev–Trinajstić information content (AvgIpc) is 2.44. The van der Waals surface area contributed by atoms with Crippen molar-refractivity contribution >= 4 is 28.0 Å². The Morgan fingerprint density at radius 1 is 1.15 bits per heavy atom. The van der Waals surface area contributed by atoms with Gasteiger partial charge < -0.3 is 0 Å². The van der Waals surface area contributed by atoms with Gasteiger partial charge in [0.25, 0.3) is 5.56 Å². The number of aromatic nitrogens is 2. The fourth-order valence-corrected chi connectivity index (χ4v) is 1.83. The maximum atomic E-state index is 11.7. The maximum Gasteiger partial charge on any atom is 0.332 e. The van der Waals surface area contributed by atoms with Crippen LogP contribution < -0.4 is 16.7 Å². The zero-order valence-corrected chi connectivity index (χ0v) is 12.6. The van der Waals surface area contributed by atoms with E-state index in [1.807, 2.05) is 24.3 Å². The molecule has 104 valence electrons. The first kappa shape index (κ1) is 14.3. The minimum atomic E-state index is -0.404. The highest BCUT2D eigenvalue weighted by Gasteiger charge is 2.04. The first-order chi connectivity index (χ1) is 9.49. The van der Waals surface area contributed by atoms with Crippen LogP contribution in [0, 0.1) is 0 Å². The van der Waals surface area contributed by atoms with Gasteiger partial charge in [0, 0.05) is 24.6 Å². The topological polar surface area (TPSA) is 68.4 Å². The van der Waals surface area contributed by atoms with E-state index in [9.17, 15) is 9.59 Å². The Balaban J connectivity index is 2.21. The SMILES string of the molecule is Cn1c(N/N=C/c2ccc(Br)cc2)cc(=O)n(C)c1=O. The van der Waals surface area contributed by atoms with Gasteiger partial charge in [-0.25, -0.2) is 4.79 Å². The Morgan fingerprint density at radius 3 is 2.45 bits per heavy atom. The third-order valence-electron chi connectivity index (χ3n) is 2.79. The van der Waals surface area contributed by atoms with Crippen molar-refractivity contribution in [3.8, 4) is 0 Å². The highest BCUT2D eigenvalue weighted by atomic mass is 79.9. The van der Waals surface area contributed by atoms with Gasteiger partial charge in [-0.05, 0) is 17.7 Å². The molecule has 6 nitrogen and oxygen atoms in total. The van der Waals surface area contributed by atoms with E-state index in [1.54, 1.807) is 13.3 Å². The van der Waals surface area contributed by atoms with Crippen molar-refractivity contribution in [3.05, 3.63) is 61.2 Å². The summed E-state index contributed by atoms with van der Waals surface area (Å²) in [5.74, 6) is 0.339. The number of nitrogens with zero attached hydrogens (tertiary/aromatic N) is 3. The van der Waals surface area contributed by atoms with Gasteiger partial charge in [-0.15, -0.1) is 0 Å². The van der Waals surface area contributed by atoms with E-state index in [0.29, 0.717) is 5.82 Å². The molecule has 0 saturated heterocycles. The van der Waals surface area contributed by atoms with Crippen LogP contribution in [0.5, 0.6) is 0 Å². The molecule has 1 aromatic heterocycles. The second-order valence-corrected chi connectivity index (χ2v) is 5.11. The van der Waals surface area contributed by atoms with Gasteiger partial charge in [-0.2, -0.15) is 5.10 Å². The molecule has 0 unspecified atom stereocenters. The zero-order chi connectivity index (χ0) is 14.7. The third kappa shape index (κ3) is 3.05. The number of hydrazone groups is 1. The summed E-state index contributed by atoms with van der Waals surface area (Å²) in [5.41, 5.74) is 2.81. The van der Waals surface area contributed by atoms with Crippen molar-refractivity contribution in [1.82, 2.24) is 9.13 Å². The van der Waals surface area contributed by atoms with E-state index in [1.165, 1.54) is 17.7 Å². The lowest BCUT2D eigenvalue weighted by Gasteiger charge is -2.07. The molecule has 0 aliphatic rings. The number of nitrogens with one attached hydrogen (secondary N) is 1. The Morgan fingerprint density at radius 2 is 1.80 bits per heavy atom. The summed E-state index contributed by atoms with van der Waals surface area (Å²) < 4.78 is 3.33. The lowest BCUT2D eigenvalue weighted by Crippen LogP contribution is -2.37. The predicted octanol–water partition coefficient (Wildman–Crippen LogP) is 1.29. The zero-order valence-electron chi connectivity index (χ0n) is 11.0. The average molecular weight is 337 g/mol. The molecule has 0 saturated carbocycles. The van der Waals surface area contributed by atoms with Gasteiger partial charge in [-0.1, -0.05) is 28.1 Å². The molecule has 1 aromatic carbocycles. The van der Waals surface area contributed by atoms with Crippen LogP contribution in [0.4, 0.5) is 5.82 Å². The largest absolute Gasteiger partial charge is 0.332 e. The molecule has 7 heteroatoms. The fraction of sp³-hybridized carbons (Fsp3) is 0.154. The number of hydrogen-bond acceptors (Lipinski definition) is 4. The molecule has 0 bridgehead atoms. The Kier molecular flexibility index (Phi) is 4.19. The summed E-state index contributed by atoms with van der Waals surface area (Å²) in [6.45, 7) is 0. The standard InChI is InChI=1S/C13H13BrN4O2/c1-17-11(7-12(19)18(2)13(17)20)16-15-8-9-3-5-10(14)6-4-9/h3-8,16H,1-2H3/b15-8+. The Hall–Kier alpha value is -2.15. The van der Waals surface area contributed by atoms with E-state index in [0.717, 1.165) is 14.6 Å². The quantitative estimate of drug-likeness (QED) is 0.678. The summed E-state index contributed by atoms with van der Waals surface area (Å²) in [4.78, 5) is 23.2. The van der Waals surface area contributed by atoms with Crippen LogP contribution in [-0.2, 0) is 14.1 Å². The Bertz CT molecular complexity index is 759. The minimum Gasteiger partial charge on any atom is -0.281 e. The predicted molar refractivity (Wildman–Crippen MR) is 82.3 cm³/mol. The van der Waals surface area contributed by atoms with Crippen molar-refractivity contribution in [2.45, 2.75) is 0 Å². The van der Waals surface area contributed by atoms with Gasteiger partial charge in [0.2, 0.25) is 0 Å². The summed E-state index contributed by atoms with van der Waals surface area (Å²) >= 11 is 3.35. The number of rotatable bonds is 3. The summed E-state index contributed by atoms with van der Waals surface area (Å²) in [6.07, 6.45) is 1.61. The second kappa shape index (κ2) is 5.87. The van der Waals surface area contributed by atoms with Crippen molar-refractivity contribution in [2.75, 3.05) is 5.43 Å². The fourth-order valence-electron chi connectivity index (χ4n) is 1.56. The third-order valence-corrected chi connectivity index (χ3v) is 3.32. The van der Waals surface area contributed by atoms with E-state index in [4.69, 9.17) is 0 Å². The van der Waals surface area contributed by atoms with Crippen LogP contribution in [0.3, 0.4) is 0 Å².